The van der Waals surface area contributed by atoms with Crippen molar-refractivity contribution < 1.29 is 9.18 Å². The Balaban J connectivity index is 2.04. The largest absolute Gasteiger partial charge is 0.397 e. The van der Waals surface area contributed by atoms with Gasteiger partial charge in [-0.15, -0.1) is 11.8 Å². The quantitative estimate of drug-likeness (QED) is 0.655. The Kier molecular flexibility index (Phi) is 5.09. The van der Waals surface area contributed by atoms with Gasteiger partial charge in [0.2, 0.25) is 5.91 Å². The lowest BCUT2D eigenvalue weighted by molar-refractivity contribution is -0.115. The van der Waals surface area contributed by atoms with Gasteiger partial charge in [-0.3, -0.25) is 4.79 Å². The molecule has 0 aliphatic rings. The fourth-order valence-corrected chi connectivity index (χ4v) is 2.75. The lowest BCUT2D eigenvalue weighted by Gasteiger charge is -2.13. The number of hydrogen-bond donors (Lipinski definition) is 2. The molecule has 0 radical (unpaired) electrons. The summed E-state index contributed by atoms with van der Waals surface area (Å²) in [4.78, 5) is 12.8. The molecule has 2 rings (SSSR count). The Morgan fingerprint density at radius 2 is 2.10 bits per heavy atom. The molecule has 1 amide bonds. The van der Waals surface area contributed by atoms with Gasteiger partial charge in [0, 0.05) is 9.92 Å². The zero-order valence-corrected chi connectivity index (χ0v) is 12.8. The summed E-state index contributed by atoms with van der Waals surface area (Å²) in [7, 11) is 0. The minimum atomic E-state index is -0.398. The first kappa shape index (κ1) is 15.7. The maximum Gasteiger partial charge on any atom is 0.237 e. The van der Waals surface area contributed by atoms with Gasteiger partial charge in [-0.1, -0.05) is 17.7 Å². The second kappa shape index (κ2) is 6.83. The van der Waals surface area contributed by atoms with Crippen molar-refractivity contribution in [3.05, 3.63) is 53.3 Å². The molecular weight excluding hydrogens is 311 g/mol. The van der Waals surface area contributed by atoms with E-state index in [0.717, 1.165) is 0 Å². The molecule has 0 aliphatic heterocycles. The van der Waals surface area contributed by atoms with Crippen molar-refractivity contribution in [2.75, 3.05) is 11.1 Å². The maximum atomic E-state index is 13.1. The zero-order chi connectivity index (χ0) is 15.4. The second-order valence-corrected chi connectivity index (χ2v) is 6.29. The fourth-order valence-electron chi connectivity index (χ4n) is 1.67. The molecule has 3 nitrogen and oxygen atoms in total. The second-order valence-electron chi connectivity index (χ2n) is 4.44. The number of hydrogen-bond acceptors (Lipinski definition) is 3. The summed E-state index contributed by atoms with van der Waals surface area (Å²) in [6.07, 6.45) is 0. The standard InChI is InChI=1S/C15H14ClFN2OS/c1-9(21-12-4-2-3-11(17)8-12)15(20)19-14-7-10(16)5-6-13(14)18/h2-9H,18H2,1H3,(H,19,20). The van der Waals surface area contributed by atoms with Gasteiger partial charge in [0.25, 0.3) is 0 Å². The summed E-state index contributed by atoms with van der Waals surface area (Å²) in [5.74, 6) is -0.551. The van der Waals surface area contributed by atoms with Crippen LogP contribution in [0.25, 0.3) is 0 Å². The highest BCUT2D eigenvalue weighted by atomic mass is 35.5. The molecule has 2 aromatic rings. The highest BCUT2D eigenvalue weighted by Crippen LogP contribution is 2.27. The van der Waals surface area contributed by atoms with Gasteiger partial charge in [-0.05, 0) is 43.3 Å². The molecule has 0 aromatic heterocycles. The third-order valence-corrected chi connectivity index (χ3v) is 4.08. The van der Waals surface area contributed by atoms with Crippen LogP contribution in [0.2, 0.25) is 5.02 Å². The highest BCUT2D eigenvalue weighted by Gasteiger charge is 2.16. The first-order valence-corrected chi connectivity index (χ1v) is 7.49. The van der Waals surface area contributed by atoms with Crippen molar-refractivity contribution in [1.82, 2.24) is 0 Å². The summed E-state index contributed by atoms with van der Waals surface area (Å²) in [6, 6.07) is 11.0. The minimum absolute atomic E-state index is 0.224. The molecular formula is C15H14ClFN2OS. The first-order chi connectivity index (χ1) is 9.95. The first-order valence-electron chi connectivity index (χ1n) is 6.24. The van der Waals surface area contributed by atoms with Gasteiger partial charge in [-0.25, -0.2) is 4.39 Å². The van der Waals surface area contributed by atoms with Gasteiger partial charge < -0.3 is 11.1 Å². The number of nitrogen functional groups attached to an aromatic ring is 1. The van der Waals surface area contributed by atoms with Gasteiger partial charge in [0.15, 0.2) is 0 Å². The molecule has 21 heavy (non-hydrogen) atoms. The summed E-state index contributed by atoms with van der Waals surface area (Å²) in [6.45, 7) is 1.74. The average Bonchev–Trinajstić information content (AvgIpc) is 2.43. The number of thioether (sulfide) groups is 1. The van der Waals surface area contributed by atoms with Crippen LogP contribution in [-0.2, 0) is 4.79 Å². The molecule has 0 bridgehead atoms. The Bertz CT molecular complexity index is 666. The maximum absolute atomic E-state index is 13.1. The SMILES string of the molecule is CC(Sc1cccc(F)c1)C(=O)Nc1cc(Cl)ccc1N. The summed E-state index contributed by atoms with van der Waals surface area (Å²) < 4.78 is 13.1. The van der Waals surface area contributed by atoms with Crippen LogP contribution in [0.15, 0.2) is 47.4 Å². The van der Waals surface area contributed by atoms with Crippen LogP contribution in [0.1, 0.15) is 6.92 Å². The Hall–Kier alpha value is -1.72. The minimum Gasteiger partial charge on any atom is -0.397 e. The number of nitrogens with two attached hydrogens (primary N) is 1. The van der Waals surface area contributed by atoms with E-state index in [-0.39, 0.29) is 11.7 Å². The van der Waals surface area contributed by atoms with Crippen molar-refractivity contribution >= 4 is 40.6 Å². The molecule has 0 heterocycles. The van der Waals surface area contributed by atoms with E-state index in [9.17, 15) is 9.18 Å². The van der Waals surface area contributed by atoms with Crippen LogP contribution in [0.5, 0.6) is 0 Å². The molecule has 0 fully saturated rings. The molecule has 6 heteroatoms. The lowest BCUT2D eigenvalue weighted by atomic mass is 10.2. The van der Waals surface area contributed by atoms with E-state index in [0.29, 0.717) is 21.3 Å². The predicted molar refractivity (Wildman–Crippen MR) is 86.2 cm³/mol. The number of carbonyl (C=O) groups excluding carboxylic acids is 1. The lowest BCUT2D eigenvalue weighted by Crippen LogP contribution is -2.22. The molecule has 0 saturated carbocycles. The van der Waals surface area contributed by atoms with Crippen LogP contribution < -0.4 is 11.1 Å². The van der Waals surface area contributed by atoms with Gasteiger partial charge in [0.05, 0.1) is 16.6 Å². The molecule has 0 saturated heterocycles. The van der Waals surface area contributed by atoms with Gasteiger partial charge in [-0.2, -0.15) is 0 Å². The van der Waals surface area contributed by atoms with E-state index < -0.39 is 5.25 Å². The third-order valence-electron chi connectivity index (χ3n) is 2.75. The van der Waals surface area contributed by atoms with Crippen LogP contribution in [0.4, 0.5) is 15.8 Å². The van der Waals surface area contributed by atoms with Crippen molar-refractivity contribution in [2.45, 2.75) is 17.1 Å². The van der Waals surface area contributed by atoms with Crippen LogP contribution in [0.3, 0.4) is 0 Å². The monoisotopic (exact) mass is 324 g/mol. The summed E-state index contributed by atoms with van der Waals surface area (Å²) in [5, 5.41) is 2.82. The smallest absolute Gasteiger partial charge is 0.237 e. The average molecular weight is 325 g/mol. The fraction of sp³-hybridized carbons (Fsp3) is 0.133. The molecule has 0 spiro atoms. The number of nitrogens with one attached hydrogen (secondary N) is 1. The number of rotatable bonds is 4. The highest BCUT2D eigenvalue weighted by molar-refractivity contribution is 8.00. The summed E-state index contributed by atoms with van der Waals surface area (Å²) in [5.41, 5.74) is 6.69. The molecule has 110 valence electrons. The number of carbonyl (C=O) groups is 1. The van der Waals surface area contributed by atoms with Crippen molar-refractivity contribution in [3.8, 4) is 0 Å². The van der Waals surface area contributed by atoms with Crippen LogP contribution in [-0.4, -0.2) is 11.2 Å². The van der Waals surface area contributed by atoms with Crippen molar-refractivity contribution in [3.63, 3.8) is 0 Å². The third kappa shape index (κ3) is 4.37. The van der Waals surface area contributed by atoms with Crippen LogP contribution >= 0.6 is 23.4 Å². The van der Waals surface area contributed by atoms with Gasteiger partial charge in [0.1, 0.15) is 5.82 Å². The number of amides is 1. The molecule has 1 atom stereocenters. The van der Waals surface area contributed by atoms with E-state index in [4.69, 9.17) is 17.3 Å². The predicted octanol–water partition coefficient (Wildman–Crippen LogP) is 4.18. The topological polar surface area (TPSA) is 55.1 Å². The van der Waals surface area contributed by atoms with E-state index in [1.54, 1.807) is 37.3 Å². The number of benzene rings is 2. The van der Waals surface area contributed by atoms with E-state index >= 15 is 0 Å². The normalized spacial score (nSPS) is 12.0. The van der Waals surface area contributed by atoms with Gasteiger partial charge >= 0.3 is 0 Å². The Labute approximate surface area is 131 Å². The Morgan fingerprint density at radius 3 is 2.81 bits per heavy atom. The number of halogens is 2. The molecule has 1 unspecified atom stereocenters. The number of anilines is 2. The van der Waals surface area contributed by atoms with E-state index in [2.05, 4.69) is 5.32 Å². The van der Waals surface area contributed by atoms with Crippen LogP contribution in [0, 0.1) is 5.82 Å². The zero-order valence-electron chi connectivity index (χ0n) is 11.3. The Morgan fingerprint density at radius 1 is 1.33 bits per heavy atom. The molecule has 0 aliphatic carbocycles. The van der Waals surface area contributed by atoms with E-state index in [1.165, 1.54) is 23.9 Å². The van der Waals surface area contributed by atoms with Crippen molar-refractivity contribution in [1.29, 1.82) is 0 Å². The molecule has 3 N–H and O–H groups in total. The van der Waals surface area contributed by atoms with Crippen molar-refractivity contribution in [2.24, 2.45) is 0 Å². The molecule has 2 aromatic carbocycles. The van der Waals surface area contributed by atoms with E-state index in [1.807, 2.05) is 0 Å². The summed E-state index contributed by atoms with van der Waals surface area (Å²) >= 11 is 7.14.